The quantitative estimate of drug-likeness (QED) is 0.748. The molecule has 1 aliphatic rings. The second kappa shape index (κ2) is 6.59. The molecule has 1 fully saturated rings. The Morgan fingerprint density at radius 1 is 1.31 bits per heavy atom. The Labute approximate surface area is 153 Å². The number of aliphatic hydroxyl groups excluding tert-OH is 1. The van der Waals surface area contributed by atoms with E-state index in [9.17, 15) is 14.3 Å². The molecule has 0 radical (unpaired) electrons. The number of benzene rings is 1. The summed E-state index contributed by atoms with van der Waals surface area (Å²) in [5.41, 5.74) is 2.22. The minimum atomic E-state index is -0.549. The maximum atomic E-state index is 13.8. The number of aliphatic hydroxyl groups is 1. The molecule has 1 aromatic carbocycles. The molecule has 3 aromatic rings. The molecule has 132 valence electrons. The molecule has 6 nitrogen and oxygen atoms in total. The van der Waals surface area contributed by atoms with Gasteiger partial charge in [0.25, 0.3) is 5.91 Å². The number of rotatable bonds is 2. The van der Waals surface area contributed by atoms with Gasteiger partial charge in [-0.1, -0.05) is 17.7 Å². The highest BCUT2D eigenvalue weighted by Gasteiger charge is 2.26. The molecule has 1 atom stereocenters. The number of β-amino-alcohol motifs (C(OH)–C–C–N with tert-alkyl or cyclic N) is 1. The van der Waals surface area contributed by atoms with Crippen molar-refractivity contribution in [2.45, 2.75) is 12.5 Å². The van der Waals surface area contributed by atoms with Crippen LogP contribution in [0.25, 0.3) is 22.2 Å². The fourth-order valence-electron chi connectivity index (χ4n) is 3.00. The maximum Gasteiger partial charge on any atom is 0.274 e. The first-order valence-corrected chi connectivity index (χ1v) is 8.44. The van der Waals surface area contributed by atoms with Gasteiger partial charge in [0, 0.05) is 24.8 Å². The van der Waals surface area contributed by atoms with Crippen LogP contribution in [0.2, 0.25) is 5.02 Å². The average Bonchev–Trinajstić information content (AvgIpc) is 3.09. The van der Waals surface area contributed by atoms with E-state index >= 15 is 0 Å². The fraction of sp³-hybridized carbons (Fsp3) is 0.222. The Balaban J connectivity index is 1.79. The van der Waals surface area contributed by atoms with E-state index in [1.807, 2.05) is 0 Å². The number of nitrogens with zero attached hydrogens (tertiary/aromatic N) is 4. The van der Waals surface area contributed by atoms with E-state index in [0.717, 1.165) is 0 Å². The lowest BCUT2D eigenvalue weighted by Crippen LogP contribution is -2.30. The molecular weight excluding hydrogens is 359 g/mol. The van der Waals surface area contributed by atoms with Crippen LogP contribution in [0, 0.1) is 5.82 Å². The van der Waals surface area contributed by atoms with E-state index in [1.54, 1.807) is 17.2 Å². The highest BCUT2D eigenvalue weighted by atomic mass is 35.5. The first-order chi connectivity index (χ1) is 12.5. The average molecular weight is 373 g/mol. The molecule has 1 unspecified atom stereocenters. The molecule has 8 heteroatoms. The molecule has 3 heterocycles. The molecule has 4 rings (SSSR count). The summed E-state index contributed by atoms with van der Waals surface area (Å²) >= 11 is 5.75. The summed E-state index contributed by atoms with van der Waals surface area (Å²) in [5, 5.41) is 9.65. The van der Waals surface area contributed by atoms with Gasteiger partial charge in [0.05, 0.1) is 23.5 Å². The summed E-state index contributed by atoms with van der Waals surface area (Å²) in [5.74, 6) is -0.839. The standard InChI is InChI=1S/C18H14ClFN4O2/c19-13-2-1-10(5-14(13)20)12-6-21-7-15-17(12)23-16(8-22-15)18(26)24-4-3-11(25)9-24/h1-2,5-8,11,25H,3-4,9H2. The van der Waals surface area contributed by atoms with Crippen LogP contribution in [0.15, 0.2) is 36.8 Å². The van der Waals surface area contributed by atoms with Crippen molar-refractivity contribution < 1.29 is 14.3 Å². The molecular formula is C18H14ClFN4O2. The van der Waals surface area contributed by atoms with Crippen LogP contribution in [0.4, 0.5) is 4.39 Å². The first-order valence-electron chi connectivity index (χ1n) is 8.06. The summed E-state index contributed by atoms with van der Waals surface area (Å²) in [6.45, 7) is 0.759. The van der Waals surface area contributed by atoms with E-state index in [0.29, 0.717) is 35.1 Å². The Morgan fingerprint density at radius 2 is 2.15 bits per heavy atom. The van der Waals surface area contributed by atoms with Gasteiger partial charge in [0.15, 0.2) is 0 Å². The van der Waals surface area contributed by atoms with E-state index in [4.69, 9.17) is 11.6 Å². The van der Waals surface area contributed by atoms with Crippen molar-refractivity contribution in [1.82, 2.24) is 19.9 Å². The van der Waals surface area contributed by atoms with Crippen LogP contribution in [0.3, 0.4) is 0 Å². The normalized spacial score (nSPS) is 17.0. The minimum Gasteiger partial charge on any atom is -0.391 e. The number of aromatic nitrogens is 3. The predicted octanol–water partition coefficient (Wildman–Crippen LogP) is 2.69. The van der Waals surface area contributed by atoms with Gasteiger partial charge in [-0.15, -0.1) is 0 Å². The lowest BCUT2D eigenvalue weighted by Gasteiger charge is -2.15. The Morgan fingerprint density at radius 3 is 2.88 bits per heavy atom. The summed E-state index contributed by atoms with van der Waals surface area (Å²) in [7, 11) is 0. The van der Waals surface area contributed by atoms with Gasteiger partial charge in [-0.05, 0) is 24.1 Å². The number of carbonyl (C=O) groups is 1. The van der Waals surface area contributed by atoms with Crippen molar-refractivity contribution >= 4 is 28.5 Å². The fourth-order valence-corrected chi connectivity index (χ4v) is 3.12. The van der Waals surface area contributed by atoms with Gasteiger partial charge < -0.3 is 10.0 Å². The van der Waals surface area contributed by atoms with Crippen molar-refractivity contribution in [2.24, 2.45) is 0 Å². The molecule has 1 N–H and O–H groups in total. The predicted molar refractivity (Wildman–Crippen MR) is 94.3 cm³/mol. The zero-order chi connectivity index (χ0) is 18.3. The Bertz CT molecular complexity index is 1010. The number of halogens is 2. The molecule has 0 aliphatic carbocycles. The van der Waals surface area contributed by atoms with Gasteiger partial charge in [-0.25, -0.2) is 9.37 Å². The minimum absolute atomic E-state index is 0.0245. The van der Waals surface area contributed by atoms with Crippen molar-refractivity contribution in [3.63, 3.8) is 0 Å². The molecule has 26 heavy (non-hydrogen) atoms. The monoisotopic (exact) mass is 372 g/mol. The number of hydrogen-bond acceptors (Lipinski definition) is 5. The van der Waals surface area contributed by atoms with Crippen molar-refractivity contribution in [3.8, 4) is 11.1 Å². The Hall–Kier alpha value is -2.64. The lowest BCUT2D eigenvalue weighted by molar-refractivity contribution is 0.0759. The largest absolute Gasteiger partial charge is 0.391 e. The smallest absolute Gasteiger partial charge is 0.274 e. The Kier molecular flexibility index (Phi) is 4.26. The lowest BCUT2D eigenvalue weighted by atomic mass is 10.1. The van der Waals surface area contributed by atoms with Crippen LogP contribution in [0.1, 0.15) is 16.9 Å². The first kappa shape index (κ1) is 16.8. The topological polar surface area (TPSA) is 79.2 Å². The van der Waals surface area contributed by atoms with Crippen LogP contribution < -0.4 is 0 Å². The SMILES string of the molecule is O=C(c1cnc2cncc(-c3ccc(Cl)c(F)c3)c2n1)N1CCC(O)C1. The van der Waals surface area contributed by atoms with Crippen molar-refractivity contribution in [2.75, 3.05) is 13.1 Å². The summed E-state index contributed by atoms with van der Waals surface area (Å²) in [4.78, 5) is 27.0. The zero-order valence-corrected chi connectivity index (χ0v) is 14.3. The van der Waals surface area contributed by atoms with E-state index < -0.39 is 11.9 Å². The number of amides is 1. The van der Waals surface area contributed by atoms with Gasteiger partial charge >= 0.3 is 0 Å². The second-order valence-electron chi connectivity index (χ2n) is 6.13. The molecule has 0 saturated carbocycles. The highest BCUT2D eigenvalue weighted by molar-refractivity contribution is 6.30. The zero-order valence-electron chi connectivity index (χ0n) is 13.6. The number of fused-ring (bicyclic) bond motifs is 1. The third-order valence-electron chi connectivity index (χ3n) is 4.36. The third kappa shape index (κ3) is 3.00. The van der Waals surface area contributed by atoms with Crippen LogP contribution in [0.5, 0.6) is 0 Å². The molecule has 1 saturated heterocycles. The molecule has 0 spiro atoms. The van der Waals surface area contributed by atoms with Gasteiger partial charge in [0.2, 0.25) is 0 Å². The summed E-state index contributed by atoms with van der Waals surface area (Å²) in [6, 6.07) is 4.42. The second-order valence-corrected chi connectivity index (χ2v) is 6.54. The number of pyridine rings is 1. The summed E-state index contributed by atoms with van der Waals surface area (Å²) < 4.78 is 13.8. The van der Waals surface area contributed by atoms with Crippen molar-refractivity contribution in [3.05, 3.63) is 53.3 Å². The van der Waals surface area contributed by atoms with E-state index in [1.165, 1.54) is 24.5 Å². The third-order valence-corrected chi connectivity index (χ3v) is 4.66. The summed E-state index contributed by atoms with van der Waals surface area (Å²) in [6.07, 6.45) is 4.51. The number of hydrogen-bond donors (Lipinski definition) is 1. The number of carbonyl (C=O) groups excluding carboxylic acids is 1. The van der Waals surface area contributed by atoms with Gasteiger partial charge in [-0.2, -0.15) is 0 Å². The van der Waals surface area contributed by atoms with Crippen LogP contribution in [-0.4, -0.2) is 50.1 Å². The van der Waals surface area contributed by atoms with Gasteiger partial charge in [-0.3, -0.25) is 14.8 Å². The van der Waals surface area contributed by atoms with E-state index in [-0.39, 0.29) is 23.2 Å². The number of likely N-dealkylation sites (tertiary alicyclic amines) is 1. The van der Waals surface area contributed by atoms with Gasteiger partial charge in [0.1, 0.15) is 22.5 Å². The molecule has 1 amide bonds. The highest BCUT2D eigenvalue weighted by Crippen LogP contribution is 2.28. The maximum absolute atomic E-state index is 13.8. The van der Waals surface area contributed by atoms with Crippen LogP contribution in [-0.2, 0) is 0 Å². The van der Waals surface area contributed by atoms with Crippen LogP contribution >= 0.6 is 11.6 Å². The molecule has 1 aliphatic heterocycles. The molecule has 0 bridgehead atoms. The van der Waals surface area contributed by atoms with E-state index in [2.05, 4.69) is 15.0 Å². The van der Waals surface area contributed by atoms with Crippen molar-refractivity contribution in [1.29, 1.82) is 0 Å². The molecule has 2 aromatic heterocycles.